The molecule has 0 saturated carbocycles. The fourth-order valence-electron chi connectivity index (χ4n) is 3.74. The maximum Gasteiger partial charge on any atom is 0.310 e. The Hall–Kier alpha value is -2.08. The van der Waals surface area contributed by atoms with E-state index in [2.05, 4.69) is 67.1 Å². The number of likely N-dealkylation sites (tertiary alicyclic amines) is 1. The zero-order valence-corrected chi connectivity index (χ0v) is 18.1. The van der Waals surface area contributed by atoms with Gasteiger partial charge in [-0.05, 0) is 37.1 Å². The molecule has 0 spiro atoms. The number of rotatable bonds is 8. The third-order valence-corrected chi connectivity index (χ3v) is 5.56. The Kier molecular flexibility index (Phi) is 8.77. The molecule has 1 aromatic rings. The summed E-state index contributed by atoms with van der Waals surface area (Å²) in [4.78, 5) is 21.5. The maximum absolute atomic E-state index is 12.0. The van der Waals surface area contributed by atoms with Gasteiger partial charge in [-0.3, -0.25) is 9.69 Å². The van der Waals surface area contributed by atoms with Crippen LogP contribution in [0.4, 0.5) is 0 Å². The van der Waals surface area contributed by atoms with Crippen molar-refractivity contribution in [3.05, 3.63) is 35.4 Å². The Morgan fingerprint density at radius 1 is 1.21 bits per heavy atom. The molecule has 2 rings (SSSR count). The van der Waals surface area contributed by atoms with Crippen LogP contribution in [0.1, 0.15) is 38.8 Å². The monoisotopic (exact) mass is 388 g/mol. The van der Waals surface area contributed by atoms with Crippen molar-refractivity contribution in [1.82, 2.24) is 15.1 Å². The molecule has 6 heteroatoms. The molecule has 0 aromatic heterocycles. The van der Waals surface area contributed by atoms with E-state index in [1.165, 1.54) is 18.2 Å². The van der Waals surface area contributed by atoms with Gasteiger partial charge in [0.2, 0.25) is 0 Å². The smallest absolute Gasteiger partial charge is 0.310 e. The van der Waals surface area contributed by atoms with Crippen molar-refractivity contribution in [2.75, 3.05) is 39.8 Å². The summed E-state index contributed by atoms with van der Waals surface area (Å²) in [5.41, 5.74) is 2.58. The molecular weight excluding hydrogens is 352 g/mol. The molecule has 1 aliphatic rings. The highest BCUT2D eigenvalue weighted by Gasteiger charge is 2.36. The first-order chi connectivity index (χ1) is 13.5. The van der Waals surface area contributed by atoms with E-state index in [0.29, 0.717) is 13.1 Å². The minimum atomic E-state index is -0.129. The number of guanidine groups is 1. The first kappa shape index (κ1) is 22.2. The van der Waals surface area contributed by atoms with E-state index in [1.54, 1.807) is 0 Å². The van der Waals surface area contributed by atoms with Gasteiger partial charge in [0.15, 0.2) is 5.96 Å². The lowest BCUT2D eigenvalue weighted by Crippen LogP contribution is -2.40. The third kappa shape index (κ3) is 5.71. The first-order valence-electron chi connectivity index (χ1n) is 10.4. The van der Waals surface area contributed by atoms with E-state index in [4.69, 9.17) is 9.73 Å². The summed E-state index contributed by atoms with van der Waals surface area (Å²) in [5, 5.41) is 3.39. The molecule has 0 bridgehead atoms. The number of carbonyl (C=O) groups is 1. The standard InChI is InChI=1S/C22H36N4O2/c1-6-23-22(26-14-17(4)20(16-26)21(27)28-5)24-13-18-11-9-10-12-19(18)15-25(7-2)8-3/h9-12,17,20H,6-8,13-16H2,1-5H3,(H,23,24). The highest BCUT2D eigenvalue weighted by atomic mass is 16.5. The minimum Gasteiger partial charge on any atom is -0.469 e. The molecule has 0 aliphatic carbocycles. The van der Waals surface area contributed by atoms with Crippen molar-refractivity contribution in [2.45, 2.75) is 40.8 Å². The number of ether oxygens (including phenoxy) is 1. The van der Waals surface area contributed by atoms with Crippen molar-refractivity contribution < 1.29 is 9.53 Å². The number of esters is 1. The summed E-state index contributed by atoms with van der Waals surface area (Å²) in [6.45, 7) is 14.5. The molecule has 1 saturated heterocycles. The van der Waals surface area contributed by atoms with Crippen LogP contribution >= 0.6 is 0 Å². The second-order valence-corrected chi connectivity index (χ2v) is 7.41. The van der Waals surface area contributed by atoms with E-state index in [1.807, 2.05) is 0 Å². The molecule has 1 heterocycles. The van der Waals surface area contributed by atoms with Crippen LogP contribution in [0.3, 0.4) is 0 Å². The van der Waals surface area contributed by atoms with E-state index in [-0.39, 0.29) is 17.8 Å². The van der Waals surface area contributed by atoms with Crippen LogP contribution in [0.25, 0.3) is 0 Å². The SMILES string of the molecule is CCNC(=NCc1ccccc1CN(CC)CC)N1CC(C)C(C(=O)OC)C1. The molecule has 1 aliphatic heterocycles. The van der Waals surface area contributed by atoms with Crippen molar-refractivity contribution in [2.24, 2.45) is 16.8 Å². The predicted molar refractivity (Wildman–Crippen MR) is 114 cm³/mol. The summed E-state index contributed by atoms with van der Waals surface area (Å²) in [6, 6.07) is 8.53. The van der Waals surface area contributed by atoms with Gasteiger partial charge in [0.1, 0.15) is 0 Å². The highest BCUT2D eigenvalue weighted by Crippen LogP contribution is 2.24. The number of carbonyl (C=O) groups excluding carboxylic acids is 1. The fraction of sp³-hybridized carbons (Fsp3) is 0.636. The molecule has 1 fully saturated rings. The molecular formula is C22H36N4O2. The summed E-state index contributed by atoms with van der Waals surface area (Å²) in [7, 11) is 1.46. The number of benzene rings is 1. The lowest BCUT2D eigenvalue weighted by Gasteiger charge is -2.22. The second kappa shape index (κ2) is 11.1. The van der Waals surface area contributed by atoms with Gasteiger partial charge in [-0.1, -0.05) is 45.0 Å². The van der Waals surface area contributed by atoms with Crippen molar-refractivity contribution in [3.63, 3.8) is 0 Å². The number of hydrogen-bond donors (Lipinski definition) is 1. The molecule has 156 valence electrons. The van der Waals surface area contributed by atoms with Crippen molar-refractivity contribution in [3.8, 4) is 0 Å². The van der Waals surface area contributed by atoms with Crippen LogP contribution in [-0.4, -0.2) is 61.6 Å². The lowest BCUT2D eigenvalue weighted by atomic mass is 9.99. The number of methoxy groups -OCH3 is 1. The average molecular weight is 389 g/mol. The van der Waals surface area contributed by atoms with E-state index in [9.17, 15) is 4.79 Å². The van der Waals surface area contributed by atoms with Gasteiger partial charge in [-0.2, -0.15) is 0 Å². The van der Waals surface area contributed by atoms with Gasteiger partial charge >= 0.3 is 5.97 Å². The van der Waals surface area contributed by atoms with Crippen LogP contribution in [0.2, 0.25) is 0 Å². The topological polar surface area (TPSA) is 57.2 Å². The zero-order chi connectivity index (χ0) is 20.5. The summed E-state index contributed by atoms with van der Waals surface area (Å²) < 4.78 is 4.97. The predicted octanol–water partition coefficient (Wildman–Crippen LogP) is 2.73. The van der Waals surface area contributed by atoms with Gasteiger partial charge in [-0.25, -0.2) is 4.99 Å². The Labute approximate surface area is 170 Å². The summed E-state index contributed by atoms with van der Waals surface area (Å²) in [6.07, 6.45) is 0. The lowest BCUT2D eigenvalue weighted by molar-refractivity contribution is -0.145. The van der Waals surface area contributed by atoms with E-state index < -0.39 is 0 Å². The highest BCUT2D eigenvalue weighted by molar-refractivity contribution is 5.82. The average Bonchev–Trinajstić information content (AvgIpc) is 3.10. The number of nitrogens with zero attached hydrogens (tertiary/aromatic N) is 3. The number of hydrogen-bond acceptors (Lipinski definition) is 4. The van der Waals surface area contributed by atoms with Crippen molar-refractivity contribution >= 4 is 11.9 Å². The normalized spacial score (nSPS) is 19.9. The molecule has 1 N–H and O–H groups in total. The van der Waals surface area contributed by atoms with Gasteiger partial charge < -0.3 is 15.0 Å². The van der Waals surface area contributed by atoms with Gasteiger partial charge in [0.05, 0.1) is 19.6 Å². The Balaban J connectivity index is 2.14. The van der Waals surface area contributed by atoms with Crippen LogP contribution in [0.5, 0.6) is 0 Å². The Bertz CT molecular complexity index is 658. The zero-order valence-electron chi connectivity index (χ0n) is 18.1. The van der Waals surface area contributed by atoms with Crippen LogP contribution in [-0.2, 0) is 22.6 Å². The molecule has 28 heavy (non-hydrogen) atoms. The Morgan fingerprint density at radius 3 is 2.50 bits per heavy atom. The molecule has 0 amide bonds. The molecule has 2 unspecified atom stereocenters. The second-order valence-electron chi connectivity index (χ2n) is 7.41. The van der Waals surface area contributed by atoms with E-state index >= 15 is 0 Å². The molecule has 0 radical (unpaired) electrons. The number of aliphatic imine (C=N–C) groups is 1. The van der Waals surface area contributed by atoms with Crippen LogP contribution < -0.4 is 5.32 Å². The van der Waals surface area contributed by atoms with Crippen LogP contribution in [0, 0.1) is 11.8 Å². The quantitative estimate of drug-likeness (QED) is 0.422. The number of nitrogens with one attached hydrogen (secondary N) is 1. The fourth-order valence-corrected chi connectivity index (χ4v) is 3.74. The van der Waals surface area contributed by atoms with Crippen LogP contribution in [0.15, 0.2) is 29.3 Å². The minimum absolute atomic E-state index is 0.0937. The summed E-state index contributed by atoms with van der Waals surface area (Å²) in [5.74, 6) is 0.906. The largest absolute Gasteiger partial charge is 0.469 e. The van der Waals surface area contributed by atoms with E-state index in [0.717, 1.165) is 38.7 Å². The summed E-state index contributed by atoms with van der Waals surface area (Å²) >= 11 is 0. The van der Waals surface area contributed by atoms with Gasteiger partial charge in [0.25, 0.3) is 0 Å². The van der Waals surface area contributed by atoms with Gasteiger partial charge in [0, 0.05) is 26.2 Å². The van der Waals surface area contributed by atoms with Crippen molar-refractivity contribution in [1.29, 1.82) is 0 Å². The first-order valence-corrected chi connectivity index (χ1v) is 10.4. The molecule has 1 aromatic carbocycles. The third-order valence-electron chi connectivity index (χ3n) is 5.56. The Morgan fingerprint density at radius 2 is 1.89 bits per heavy atom. The van der Waals surface area contributed by atoms with Gasteiger partial charge in [-0.15, -0.1) is 0 Å². The molecule has 2 atom stereocenters. The maximum atomic E-state index is 12.0. The molecule has 6 nitrogen and oxygen atoms in total.